The summed E-state index contributed by atoms with van der Waals surface area (Å²) in [6.07, 6.45) is 0.837. The molecule has 1 atom stereocenters. The number of esters is 1. The number of carbonyl (C=O) groups is 2. The topological polar surface area (TPSA) is 102 Å². The zero-order valence-electron chi connectivity index (χ0n) is 18.2. The van der Waals surface area contributed by atoms with Gasteiger partial charge in [-0.25, -0.2) is 13.2 Å². The van der Waals surface area contributed by atoms with Crippen LogP contribution in [0.1, 0.15) is 32.3 Å². The van der Waals surface area contributed by atoms with E-state index in [1.165, 1.54) is 11.2 Å². The highest BCUT2D eigenvalue weighted by molar-refractivity contribution is 7.91. The molecular formula is C23H28N2O6S. The lowest BCUT2D eigenvalue weighted by Crippen LogP contribution is -2.56. The van der Waals surface area contributed by atoms with Gasteiger partial charge in [-0.1, -0.05) is 30.3 Å². The monoisotopic (exact) mass is 460 g/mol. The predicted octanol–water partition coefficient (Wildman–Crippen LogP) is 2.95. The van der Waals surface area contributed by atoms with Crippen molar-refractivity contribution in [3.05, 3.63) is 60.2 Å². The maximum Gasteiger partial charge on any atom is 0.344 e. The number of hydrogen-bond donors (Lipinski definition) is 1. The van der Waals surface area contributed by atoms with Crippen LogP contribution in [0.3, 0.4) is 0 Å². The molecule has 1 amide bonds. The summed E-state index contributed by atoms with van der Waals surface area (Å²) in [5.74, 6) is -0.614. The Labute approximate surface area is 188 Å². The number of nitrogens with zero attached hydrogens (tertiary/aromatic N) is 1. The molecule has 9 heteroatoms. The first-order chi connectivity index (χ1) is 15.3. The minimum atomic E-state index is -3.87. The fourth-order valence-electron chi connectivity index (χ4n) is 3.55. The second-order valence-electron chi connectivity index (χ2n) is 7.73. The molecule has 1 saturated heterocycles. The molecule has 1 fully saturated rings. The van der Waals surface area contributed by atoms with Crippen LogP contribution in [0, 0.1) is 0 Å². The minimum Gasteiger partial charge on any atom is -0.482 e. The molecule has 0 unspecified atom stereocenters. The van der Waals surface area contributed by atoms with Gasteiger partial charge >= 0.3 is 5.97 Å². The second-order valence-corrected chi connectivity index (χ2v) is 10.1. The van der Waals surface area contributed by atoms with Gasteiger partial charge in [0, 0.05) is 18.8 Å². The molecule has 8 nitrogen and oxygen atoms in total. The molecule has 2 aromatic rings. The summed E-state index contributed by atoms with van der Waals surface area (Å²) in [4.78, 5) is 24.4. The van der Waals surface area contributed by atoms with E-state index < -0.39 is 26.6 Å². The summed E-state index contributed by atoms with van der Waals surface area (Å²) in [5.41, 5.74) is 1.31. The molecule has 1 aliphatic rings. The van der Waals surface area contributed by atoms with E-state index in [2.05, 4.69) is 5.32 Å². The fourth-order valence-corrected chi connectivity index (χ4v) is 5.50. The van der Waals surface area contributed by atoms with Crippen LogP contribution >= 0.6 is 0 Å². The molecular weight excluding hydrogens is 432 g/mol. The van der Waals surface area contributed by atoms with Gasteiger partial charge in [0.1, 0.15) is 5.75 Å². The Kier molecular flexibility index (Phi) is 7.52. The molecule has 2 aromatic carbocycles. The minimum absolute atomic E-state index is 0.215. The third-order valence-electron chi connectivity index (χ3n) is 5.43. The van der Waals surface area contributed by atoms with Gasteiger partial charge < -0.3 is 14.8 Å². The van der Waals surface area contributed by atoms with Crippen molar-refractivity contribution in [3.8, 4) is 5.75 Å². The SMILES string of the molecule is CCOC(=O)COc1ccc(NC(=O)[C@@]2(C)CCCN(Cc3ccccc3)S2(=O)=O)cc1. The Morgan fingerprint density at radius 3 is 2.44 bits per heavy atom. The van der Waals surface area contributed by atoms with Gasteiger partial charge in [-0.2, -0.15) is 4.31 Å². The standard InChI is InChI=1S/C23H28N2O6S/c1-3-30-21(26)17-31-20-12-10-19(11-13-20)24-22(27)23(2)14-7-15-25(32(23,28)29)16-18-8-5-4-6-9-18/h4-6,8-13H,3,7,14-17H2,1-2H3,(H,24,27)/t23-/m1/s1. The largest absolute Gasteiger partial charge is 0.482 e. The average molecular weight is 461 g/mol. The molecule has 0 bridgehead atoms. The maximum absolute atomic E-state index is 13.3. The quantitative estimate of drug-likeness (QED) is 0.608. The molecule has 1 aliphatic heterocycles. The van der Waals surface area contributed by atoms with E-state index in [1.54, 1.807) is 31.2 Å². The van der Waals surface area contributed by atoms with E-state index in [4.69, 9.17) is 9.47 Å². The molecule has 3 rings (SSSR count). The van der Waals surface area contributed by atoms with Crippen LogP contribution in [-0.4, -0.2) is 49.1 Å². The molecule has 0 aromatic heterocycles. The van der Waals surface area contributed by atoms with E-state index in [9.17, 15) is 18.0 Å². The van der Waals surface area contributed by atoms with Gasteiger partial charge in [-0.15, -0.1) is 0 Å². The number of rotatable bonds is 8. The van der Waals surface area contributed by atoms with Crippen LogP contribution in [0.4, 0.5) is 5.69 Å². The predicted molar refractivity (Wildman–Crippen MR) is 121 cm³/mol. The average Bonchev–Trinajstić information content (AvgIpc) is 2.77. The Morgan fingerprint density at radius 2 is 1.78 bits per heavy atom. The first-order valence-corrected chi connectivity index (χ1v) is 11.9. The van der Waals surface area contributed by atoms with E-state index in [-0.39, 0.29) is 26.2 Å². The zero-order chi connectivity index (χ0) is 23.2. The Hall–Kier alpha value is -2.91. The Balaban J connectivity index is 1.67. The van der Waals surface area contributed by atoms with Gasteiger partial charge in [0.05, 0.1) is 6.61 Å². The number of benzene rings is 2. The van der Waals surface area contributed by atoms with Gasteiger partial charge in [0.25, 0.3) is 0 Å². The normalized spacial score (nSPS) is 20.3. The van der Waals surface area contributed by atoms with Crippen LogP contribution in [0.5, 0.6) is 5.75 Å². The number of hydrogen-bond acceptors (Lipinski definition) is 6. The number of amides is 1. The third kappa shape index (κ3) is 5.28. The van der Waals surface area contributed by atoms with Crippen LogP contribution in [0.2, 0.25) is 0 Å². The third-order valence-corrected chi connectivity index (χ3v) is 7.95. The first kappa shape index (κ1) is 23.7. The molecule has 0 radical (unpaired) electrons. The molecule has 32 heavy (non-hydrogen) atoms. The molecule has 0 spiro atoms. The summed E-state index contributed by atoms with van der Waals surface area (Å²) >= 11 is 0. The smallest absolute Gasteiger partial charge is 0.344 e. The highest BCUT2D eigenvalue weighted by Crippen LogP contribution is 2.34. The van der Waals surface area contributed by atoms with Gasteiger partial charge in [0.2, 0.25) is 15.9 Å². The van der Waals surface area contributed by atoms with Crippen molar-refractivity contribution in [1.29, 1.82) is 0 Å². The summed E-state index contributed by atoms with van der Waals surface area (Å²) in [7, 11) is -3.87. The van der Waals surface area contributed by atoms with Crippen molar-refractivity contribution in [3.63, 3.8) is 0 Å². The number of ether oxygens (including phenoxy) is 2. The lowest BCUT2D eigenvalue weighted by molar-refractivity contribution is -0.145. The van der Waals surface area contributed by atoms with Crippen molar-refractivity contribution in [2.45, 2.75) is 38.0 Å². The van der Waals surface area contributed by atoms with Crippen LogP contribution in [-0.2, 0) is 30.9 Å². The summed E-state index contributed by atoms with van der Waals surface area (Å²) in [6, 6.07) is 15.7. The zero-order valence-corrected chi connectivity index (χ0v) is 19.1. The summed E-state index contributed by atoms with van der Waals surface area (Å²) < 4.78 is 36.6. The van der Waals surface area contributed by atoms with Crippen LogP contribution < -0.4 is 10.1 Å². The molecule has 1 heterocycles. The molecule has 0 saturated carbocycles. The van der Waals surface area contributed by atoms with Crippen molar-refractivity contribution >= 4 is 27.6 Å². The Morgan fingerprint density at radius 1 is 1.09 bits per heavy atom. The first-order valence-electron chi connectivity index (χ1n) is 10.5. The molecule has 172 valence electrons. The highest BCUT2D eigenvalue weighted by atomic mass is 32.2. The van der Waals surface area contributed by atoms with Gasteiger partial charge in [-0.3, -0.25) is 4.79 Å². The van der Waals surface area contributed by atoms with Gasteiger partial charge in [-0.05, 0) is 56.5 Å². The highest BCUT2D eigenvalue weighted by Gasteiger charge is 2.51. The van der Waals surface area contributed by atoms with Crippen molar-refractivity contribution in [2.24, 2.45) is 0 Å². The van der Waals surface area contributed by atoms with Crippen LogP contribution in [0.25, 0.3) is 0 Å². The van der Waals surface area contributed by atoms with Crippen molar-refractivity contribution in [2.75, 3.05) is 25.1 Å². The number of anilines is 1. The lowest BCUT2D eigenvalue weighted by atomic mass is 10.0. The van der Waals surface area contributed by atoms with E-state index >= 15 is 0 Å². The van der Waals surface area contributed by atoms with Crippen molar-refractivity contribution in [1.82, 2.24) is 4.31 Å². The molecule has 0 aliphatic carbocycles. The van der Waals surface area contributed by atoms with Gasteiger partial charge in [0.15, 0.2) is 11.4 Å². The molecule has 1 N–H and O–H groups in total. The number of sulfonamides is 1. The number of nitrogens with one attached hydrogen (secondary N) is 1. The van der Waals surface area contributed by atoms with E-state index in [1.807, 2.05) is 30.3 Å². The maximum atomic E-state index is 13.3. The summed E-state index contributed by atoms with van der Waals surface area (Å²) in [5, 5.41) is 2.71. The number of carbonyl (C=O) groups excluding carboxylic acids is 2. The van der Waals surface area contributed by atoms with E-state index in [0.29, 0.717) is 24.4 Å². The Bertz CT molecular complexity index is 1040. The van der Waals surface area contributed by atoms with Crippen LogP contribution in [0.15, 0.2) is 54.6 Å². The van der Waals surface area contributed by atoms with Crippen molar-refractivity contribution < 1.29 is 27.5 Å². The van der Waals surface area contributed by atoms with E-state index in [0.717, 1.165) is 5.56 Å². The fraction of sp³-hybridized carbons (Fsp3) is 0.391. The summed E-state index contributed by atoms with van der Waals surface area (Å²) in [6.45, 7) is 3.87. The second kappa shape index (κ2) is 10.1. The lowest BCUT2D eigenvalue weighted by Gasteiger charge is -2.38.